The number of anilines is 1. The van der Waals surface area contributed by atoms with Crippen LogP contribution in [-0.2, 0) is 14.6 Å². The quantitative estimate of drug-likeness (QED) is 0.813. The lowest BCUT2D eigenvalue weighted by molar-refractivity contribution is -0.117. The summed E-state index contributed by atoms with van der Waals surface area (Å²) in [7, 11) is -3.20. The standard InChI is InChI=1S/C13H19N3O3S/c1-20(18,19)12-4-2-11(3-5-12)15-13(17)10-16-8-6-14-7-9-16/h2-5,14H,6-10H2,1H3,(H,15,17). The number of benzene rings is 1. The van der Waals surface area contributed by atoms with Gasteiger partial charge in [0.1, 0.15) is 0 Å². The van der Waals surface area contributed by atoms with Crippen molar-refractivity contribution >= 4 is 21.4 Å². The van der Waals surface area contributed by atoms with Gasteiger partial charge in [0.05, 0.1) is 11.4 Å². The second kappa shape index (κ2) is 6.34. The molecule has 1 aliphatic heterocycles. The van der Waals surface area contributed by atoms with Crippen LogP contribution in [0.2, 0.25) is 0 Å². The first-order valence-electron chi connectivity index (χ1n) is 6.48. The molecule has 1 fully saturated rings. The predicted octanol–water partition coefficient (Wildman–Crippen LogP) is -0.0662. The molecule has 0 bridgehead atoms. The molecule has 0 aliphatic carbocycles. The maximum absolute atomic E-state index is 11.9. The SMILES string of the molecule is CS(=O)(=O)c1ccc(NC(=O)CN2CCNCC2)cc1. The van der Waals surface area contributed by atoms with E-state index in [1.54, 1.807) is 12.1 Å². The summed E-state index contributed by atoms with van der Waals surface area (Å²) < 4.78 is 22.7. The van der Waals surface area contributed by atoms with E-state index in [1.807, 2.05) is 0 Å². The lowest BCUT2D eigenvalue weighted by Gasteiger charge is -2.26. The Hall–Kier alpha value is -1.44. The van der Waals surface area contributed by atoms with Crippen LogP contribution in [-0.4, -0.2) is 58.2 Å². The van der Waals surface area contributed by atoms with Crippen LogP contribution in [0.1, 0.15) is 0 Å². The summed E-state index contributed by atoms with van der Waals surface area (Å²) in [6.45, 7) is 3.88. The number of hydrogen-bond donors (Lipinski definition) is 2. The maximum atomic E-state index is 11.9. The number of nitrogens with zero attached hydrogens (tertiary/aromatic N) is 1. The fraction of sp³-hybridized carbons (Fsp3) is 0.462. The first-order valence-corrected chi connectivity index (χ1v) is 8.37. The van der Waals surface area contributed by atoms with Crippen molar-refractivity contribution in [3.63, 3.8) is 0 Å². The lowest BCUT2D eigenvalue weighted by atomic mass is 10.3. The van der Waals surface area contributed by atoms with Crippen molar-refractivity contribution < 1.29 is 13.2 Å². The van der Waals surface area contributed by atoms with Crippen LogP contribution in [0.4, 0.5) is 5.69 Å². The third-order valence-electron chi connectivity index (χ3n) is 3.14. The number of nitrogens with one attached hydrogen (secondary N) is 2. The van der Waals surface area contributed by atoms with Crippen molar-refractivity contribution in [3.05, 3.63) is 24.3 Å². The van der Waals surface area contributed by atoms with Crippen molar-refractivity contribution in [1.29, 1.82) is 0 Å². The van der Waals surface area contributed by atoms with Crippen LogP contribution in [0.5, 0.6) is 0 Å². The van der Waals surface area contributed by atoms with Gasteiger partial charge in [0, 0.05) is 38.1 Å². The molecule has 6 nitrogen and oxygen atoms in total. The highest BCUT2D eigenvalue weighted by molar-refractivity contribution is 7.90. The summed E-state index contributed by atoms with van der Waals surface area (Å²) in [6, 6.07) is 6.20. The zero-order valence-electron chi connectivity index (χ0n) is 11.4. The Labute approximate surface area is 119 Å². The van der Waals surface area contributed by atoms with Crippen LogP contribution in [0.15, 0.2) is 29.2 Å². The van der Waals surface area contributed by atoms with Gasteiger partial charge in [0.2, 0.25) is 5.91 Å². The molecular weight excluding hydrogens is 278 g/mol. The molecule has 0 spiro atoms. The summed E-state index contributed by atoms with van der Waals surface area (Å²) in [6.07, 6.45) is 1.16. The third kappa shape index (κ3) is 4.29. The van der Waals surface area contributed by atoms with E-state index in [0.717, 1.165) is 32.4 Å². The monoisotopic (exact) mass is 297 g/mol. The molecule has 0 aromatic heterocycles. The Kier molecular flexibility index (Phi) is 4.74. The molecule has 2 rings (SSSR count). The number of carbonyl (C=O) groups excluding carboxylic acids is 1. The number of sulfone groups is 1. The van der Waals surface area contributed by atoms with E-state index in [9.17, 15) is 13.2 Å². The summed E-state index contributed by atoms with van der Waals surface area (Å²) >= 11 is 0. The van der Waals surface area contributed by atoms with Crippen LogP contribution < -0.4 is 10.6 Å². The fourth-order valence-electron chi connectivity index (χ4n) is 2.06. The topological polar surface area (TPSA) is 78.5 Å². The molecule has 0 saturated carbocycles. The van der Waals surface area contributed by atoms with Gasteiger partial charge in [-0.15, -0.1) is 0 Å². The molecule has 1 heterocycles. The van der Waals surface area contributed by atoms with Crippen molar-refractivity contribution in [1.82, 2.24) is 10.2 Å². The minimum atomic E-state index is -3.20. The van der Waals surface area contributed by atoms with Crippen LogP contribution in [0.25, 0.3) is 0 Å². The van der Waals surface area contributed by atoms with Gasteiger partial charge in [-0.1, -0.05) is 0 Å². The van der Waals surface area contributed by atoms with E-state index in [1.165, 1.54) is 12.1 Å². The zero-order valence-corrected chi connectivity index (χ0v) is 12.2. The molecule has 110 valence electrons. The Bertz CT molecular complexity index is 563. The molecule has 7 heteroatoms. The van der Waals surface area contributed by atoms with E-state index in [4.69, 9.17) is 0 Å². The highest BCUT2D eigenvalue weighted by Crippen LogP contribution is 2.13. The Morgan fingerprint density at radius 1 is 1.25 bits per heavy atom. The van der Waals surface area contributed by atoms with Gasteiger partial charge in [0.25, 0.3) is 0 Å². The summed E-state index contributed by atoms with van der Waals surface area (Å²) in [5.41, 5.74) is 0.609. The lowest BCUT2D eigenvalue weighted by Crippen LogP contribution is -2.46. The smallest absolute Gasteiger partial charge is 0.238 e. The van der Waals surface area contributed by atoms with E-state index in [-0.39, 0.29) is 10.8 Å². The Morgan fingerprint density at radius 2 is 1.85 bits per heavy atom. The average molecular weight is 297 g/mol. The van der Waals surface area contributed by atoms with E-state index in [0.29, 0.717) is 12.2 Å². The second-order valence-electron chi connectivity index (χ2n) is 4.87. The number of carbonyl (C=O) groups is 1. The molecule has 0 radical (unpaired) electrons. The van der Waals surface area contributed by atoms with Gasteiger partial charge in [-0.05, 0) is 24.3 Å². The number of rotatable bonds is 4. The summed E-state index contributed by atoms with van der Waals surface area (Å²) in [5.74, 6) is -0.0843. The van der Waals surface area contributed by atoms with Crippen LogP contribution in [0, 0.1) is 0 Å². The minimum absolute atomic E-state index is 0.0843. The average Bonchev–Trinajstić information content (AvgIpc) is 2.39. The zero-order chi connectivity index (χ0) is 14.6. The number of hydrogen-bond acceptors (Lipinski definition) is 5. The fourth-order valence-corrected chi connectivity index (χ4v) is 2.69. The molecule has 1 aliphatic rings. The van der Waals surface area contributed by atoms with E-state index in [2.05, 4.69) is 15.5 Å². The molecule has 0 unspecified atom stereocenters. The van der Waals surface area contributed by atoms with Crippen LogP contribution in [0.3, 0.4) is 0 Å². The maximum Gasteiger partial charge on any atom is 0.238 e. The second-order valence-corrected chi connectivity index (χ2v) is 6.89. The molecule has 1 amide bonds. The predicted molar refractivity (Wildman–Crippen MR) is 77.5 cm³/mol. The van der Waals surface area contributed by atoms with Gasteiger partial charge >= 0.3 is 0 Å². The van der Waals surface area contributed by atoms with Gasteiger partial charge < -0.3 is 10.6 Å². The van der Waals surface area contributed by atoms with Gasteiger partial charge in [-0.25, -0.2) is 8.42 Å². The molecule has 20 heavy (non-hydrogen) atoms. The first-order chi connectivity index (χ1) is 9.45. The van der Waals surface area contributed by atoms with Crippen molar-refractivity contribution in [3.8, 4) is 0 Å². The highest BCUT2D eigenvalue weighted by atomic mass is 32.2. The summed E-state index contributed by atoms with van der Waals surface area (Å²) in [4.78, 5) is 14.2. The van der Waals surface area contributed by atoms with E-state index < -0.39 is 9.84 Å². The largest absolute Gasteiger partial charge is 0.325 e. The van der Waals surface area contributed by atoms with Gasteiger partial charge in [-0.3, -0.25) is 9.69 Å². The van der Waals surface area contributed by atoms with Gasteiger partial charge in [-0.2, -0.15) is 0 Å². The normalized spacial score (nSPS) is 16.9. The number of piperazine rings is 1. The summed E-state index contributed by atoms with van der Waals surface area (Å²) in [5, 5.41) is 6.00. The van der Waals surface area contributed by atoms with Crippen molar-refractivity contribution in [2.24, 2.45) is 0 Å². The van der Waals surface area contributed by atoms with Crippen LogP contribution >= 0.6 is 0 Å². The molecule has 1 saturated heterocycles. The molecule has 1 aromatic carbocycles. The number of amides is 1. The molecule has 0 atom stereocenters. The Morgan fingerprint density at radius 3 is 2.40 bits per heavy atom. The van der Waals surface area contributed by atoms with E-state index >= 15 is 0 Å². The molecule has 1 aromatic rings. The highest BCUT2D eigenvalue weighted by Gasteiger charge is 2.13. The minimum Gasteiger partial charge on any atom is -0.325 e. The molecular formula is C13H19N3O3S. The van der Waals surface area contributed by atoms with Crippen molar-refractivity contribution in [2.75, 3.05) is 44.3 Å². The molecule has 2 N–H and O–H groups in total. The Balaban J connectivity index is 1.91. The van der Waals surface area contributed by atoms with Gasteiger partial charge in [0.15, 0.2) is 9.84 Å². The van der Waals surface area contributed by atoms with Crippen molar-refractivity contribution in [2.45, 2.75) is 4.90 Å². The first kappa shape index (κ1) is 15.0. The third-order valence-corrected chi connectivity index (χ3v) is 4.27.